The van der Waals surface area contributed by atoms with E-state index in [1.165, 1.54) is 0 Å². The third-order valence-electron chi connectivity index (χ3n) is 7.67. The van der Waals surface area contributed by atoms with Crippen LogP contribution in [0.15, 0.2) is 46.1 Å². The van der Waals surface area contributed by atoms with Crippen LogP contribution in [0.3, 0.4) is 0 Å². The number of carboxylic acids is 2. The first-order valence-corrected chi connectivity index (χ1v) is 13.6. The van der Waals surface area contributed by atoms with E-state index in [-0.39, 0.29) is 30.7 Å². The number of likely N-dealkylation sites (tertiary alicyclic amines) is 1. The molecule has 0 spiro atoms. The van der Waals surface area contributed by atoms with Crippen molar-refractivity contribution in [3.8, 4) is 0 Å². The maximum Gasteiger partial charge on any atom is 0.331 e. The first-order valence-electron chi connectivity index (χ1n) is 12.8. The lowest BCUT2D eigenvalue weighted by Crippen LogP contribution is -2.50. The number of carboxylic acid groups (broad SMARTS) is 2. The van der Waals surface area contributed by atoms with Crippen molar-refractivity contribution < 1.29 is 24.5 Å². The molecule has 8 nitrogen and oxygen atoms in total. The molecular formula is C27H40BrN3O5. The summed E-state index contributed by atoms with van der Waals surface area (Å²) >= 11 is 3.74. The summed E-state index contributed by atoms with van der Waals surface area (Å²) < 4.78 is 6.94. The molecule has 3 unspecified atom stereocenters. The van der Waals surface area contributed by atoms with Crippen LogP contribution in [0.2, 0.25) is 0 Å². The Morgan fingerprint density at radius 3 is 2.58 bits per heavy atom. The summed E-state index contributed by atoms with van der Waals surface area (Å²) in [5.41, 5.74) is 5.63. The average molecular weight is 567 g/mol. The van der Waals surface area contributed by atoms with Crippen LogP contribution in [0.5, 0.6) is 0 Å². The van der Waals surface area contributed by atoms with Crippen LogP contribution in [0, 0.1) is 11.3 Å². The van der Waals surface area contributed by atoms with Gasteiger partial charge in [-0.15, -0.1) is 0 Å². The minimum absolute atomic E-state index is 0.0647. The van der Waals surface area contributed by atoms with Crippen molar-refractivity contribution in [3.05, 3.63) is 46.1 Å². The summed E-state index contributed by atoms with van der Waals surface area (Å²) in [5.74, 6) is -1.69. The van der Waals surface area contributed by atoms with Crippen molar-refractivity contribution in [3.63, 3.8) is 0 Å². The van der Waals surface area contributed by atoms with Gasteiger partial charge in [0.15, 0.2) is 0 Å². The molecule has 2 heterocycles. The van der Waals surface area contributed by atoms with Crippen LogP contribution in [0.4, 0.5) is 0 Å². The molecule has 0 aromatic heterocycles. The van der Waals surface area contributed by atoms with Crippen molar-refractivity contribution in [2.45, 2.75) is 64.6 Å². The van der Waals surface area contributed by atoms with Gasteiger partial charge in [0.25, 0.3) is 0 Å². The van der Waals surface area contributed by atoms with Crippen LogP contribution < -0.4 is 5.73 Å². The van der Waals surface area contributed by atoms with Gasteiger partial charge in [-0.05, 0) is 59.7 Å². The van der Waals surface area contributed by atoms with E-state index in [0.717, 1.165) is 37.1 Å². The van der Waals surface area contributed by atoms with E-state index in [0.29, 0.717) is 30.6 Å². The smallest absolute Gasteiger partial charge is 0.331 e. The third kappa shape index (κ3) is 6.88. The number of halogens is 1. The normalized spacial score (nSPS) is 26.4. The summed E-state index contributed by atoms with van der Waals surface area (Å²) in [6.07, 6.45) is 12.1. The Balaban J connectivity index is 1.55. The minimum Gasteiger partial charge on any atom is -0.481 e. The Morgan fingerprint density at radius 1 is 1.28 bits per heavy atom. The fraction of sp³-hybridized carbons (Fsp3) is 0.630. The molecule has 4 N–H and O–H groups in total. The molecule has 200 valence electrons. The molecule has 0 saturated carbocycles. The van der Waals surface area contributed by atoms with Gasteiger partial charge in [-0.3, -0.25) is 4.79 Å². The van der Waals surface area contributed by atoms with Gasteiger partial charge in [0.2, 0.25) is 0 Å². The number of nitrogens with zero attached hydrogens (tertiary/aromatic N) is 2. The van der Waals surface area contributed by atoms with E-state index >= 15 is 0 Å². The Bertz CT molecular complexity index is 936. The Morgan fingerprint density at radius 2 is 1.97 bits per heavy atom. The highest BCUT2D eigenvalue weighted by Crippen LogP contribution is 2.36. The van der Waals surface area contributed by atoms with Crippen LogP contribution in [0.25, 0.3) is 0 Å². The van der Waals surface area contributed by atoms with E-state index in [4.69, 9.17) is 10.5 Å². The zero-order chi connectivity index (χ0) is 26.5. The van der Waals surface area contributed by atoms with Crippen LogP contribution >= 0.6 is 15.9 Å². The maximum atomic E-state index is 12.1. The van der Waals surface area contributed by atoms with E-state index < -0.39 is 17.4 Å². The lowest BCUT2D eigenvalue weighted by Gasteiger charge is -2.44. The van der Waals surface area contributed by atoms with Gasteiger partial charge < -0.3 is 30.5 Å². The Kier molecular flexibility index (Phi) is 9.97. The zero-order valence-electron chi connectivity index (χ0n) is 21.5. The third-order valence-corrected chi connectivity index (χ3v) is 8.34. The van der Waals surface area contributed by atoms with Gasteiger partial charge in [0.1, 0.15) is 5.41 Å². The number of hydrogen-bond donors (Lipinski definition) is 3. The second kappa shape index (κ2) is 12.5. The summed E-state index contributed by atoms with van der Waals surface area (Å²) in [5, 5.41) is 19.4. The molecule has 3 rings (SSSR count). The number of nitrogens with two attached hydrogens (primary N) is 1. The van der Waals surface area contributed by atoms with Crippen LogP contribution in [-0.4, -0.2) is 82.9 Å². The van der Waals surface area contributed by atoms with Crippen LogP contribution in [0.1, 0.15) is 46.5 Å². The number of aliphatic carboxylic acids is 2. The SMILES string of the molecule is CC1=C(C(=O)O)CC(COCCC2C=CC=C(Br)N2C2CCN(CC(N)C(C)C)CC2)(C(=O)O)C=C1. The molecule has 3 atom stereocenters. The van der Waals surface area contributed by atoms with Gasteiger partial charge in [-0.1, -0.05) is 38.2 Å². The van der Waals surface area contributed by atoms with Gasteiger partial charge in [-0.25, -0.2) is 4.79 Å². The Labute approximate surface area is 222 Å². The number of piperidine rings is 1. The van der Waals surface area contributed by atoms with E-state index in [1.54, 1.807) is 19.1 Å². The molecule has 0 aromatic carbocycles. The number of carbonyl (C=O) groups is 2. The Hall–Kier alpha value is -1.94. The molecule has 9 heteroatoms. The van der Waals surface area contributed by atoms with Gasteiger partial charge in [0.05, 0.1) is 17.3 Å². The highest BCUT2D eigenvalue weighted by Gasteiger charge is 2.41. The number of rotatable bonds is 11. The highest BCUT2D eigenvalue weighted by molar-refractivity contribution is 9.11. The van der Waals surface area contributed by atoms with Gasteiger partial charge in [-0.2, -0.15) is 0 Å². The number of hydrogen-bond acceptors (Lipinski definition) is 6. The van der Waals surface area contributed by atoms with Gasteiger partial charge in [0, 0.05) is 50.3 Å². The predicted octanol–water partition coefficient (Wildman–Crippen LogP) is 3.75. The molecule has 36 heavy (non-hydrogen) atoms. The fourth-order valence-corrected chi connectivity index (χ4v) is 5.78. The lowest BCUT2D eigenvalue weighted by atomic mass is 9.77. The summed E-state index contributed by atoms with van der Waals surface area (Å²) in [4.78, 5) is 28.5. The molecule has 3 aliphatic rings. The summed E-state index contributed by atoms with van der Waals surface area (Å²) in [6.45, 7) is 9.28. The summed E-state index contributed by atoms with van der Waals surface area (Å²) in [7, 11) is 0. The molecule has 0 radical (unpaired) electrons. The quantitative estimate of drug-likeness (QED) is 0.256. The molecule has 2 aliphatic heterocycles. The highest BCUT2D eigenvalue weighted by atomic mass is 79.9. The van der Waals surface area contributed by atoms with Crippen molar-refractivity contribution in [1.82, 2.24) is 9.80 Å². The molecule has 0 bridgehead atoms. The standard InChI is InChI=1S/C27H40BrN3O5/c1-18(2)23(29)16-30-12-8-21(9-13-30)31-20(5-4-6-24(31)28)10-14-36-17-27(26(34)35)11-7-19(3)22(15-27)25(32)33/h4-7,11,18,20-21,23H,8-10,12-17,29H2,1-3H3,(H,32,33)(H,34,35). The first-order chi connectivity index (χ1) is 17.0. The molecular weight excluding hydrogens is 526 g/mol. The van der Waals surface area contributed by atoms with Gasteiger partial charge >= 0.3 is 11.9 Å². The van der Waals surface area contributed by atoms with E-state index in [1.807, 2.05) is 6.08 Å². The predicted molar refractivity (Wildman–Crippen MR) is 144 cm³/mol. The average Bonchev–Trinajstić information content (AvgIpc) is 2.83. The van der Waals surface area contributed by atoms with Crippen molar-refractivity contribution in [2.75, 3.05) is 32.8 Å². The number of ether oxygens (including phenoxy) is 1. The largest absolute Gasteiger partial charge is 0.481 e. The zero-order valence-corrected chi connectivity index (χ0v) is 23.1. The van der Waals surface area contributed by atoms with E-state index in [9.17, 15) is 19.8 Å². The topological polar surface area (TPSA) is 116 Å². The fourth-order valence-electron chi connectivity index (χ4n) is 5.08. The van der Waals surface area contributed by atoms with E-state index in [2.05, 4.69) is 51.7 Å². The van der Waals surface area contributed by atoms with Crippen molar-refractivity contribution in [1.29, 1.82) is 0 Å². The van der Waals surface area contributed by atoms with Crippen molar-refractivity contribution in [2.24, 2.45) is 17.1 Å². The van der Waals surface area contributed by atoms with Crippen LogP contribution in [-0.2, 0) is 14.3 Å². The maximum absolute atomic E-state index is 12.1. The molecule has 1 saturated heterocycles. The monoisotopic (exact) mass is 565 g/mol. The molecule has 1 fully saturated rings. The summed E-state index contributed by atoms with van der Waals surface area (Å²) in [6, 6.07) is 0.725. The first kappa shape index (κ1) is 28.6. The number of allylic oxidation sites excluding steroid dienone is 4. The second-order valence-corrected chi connectivity index (χ2v) is 11.4. The second-order valence-electron chi connectivity index (χ2n) is 10.6. The van der Waals surface area contributed by atoms with Crippen molar-refractivity contribution >= 4 is 27.9 Å². The molecule has 0 aromatic rings. The molecule has 0 amide bonds. The minimum atomic E-state index is -1.36. The lowest BCUT2D eigenvalue weighted by molar-refractivity contribution is -0.149. The molecule has 1 aliphatic carbocycles.